The predicted octanol–water partition coefficient (Wildman–Crippen LogP) is 4.48. The third kappa shape index (κ3) is 4.67. The molecule has 3 aromatic rings. The minimum Gasteiger partial charge on any atom is -0.325 e. The van der Waals surface area contributed by atoms with Crippen LogP contribution in [0.25, 0.3) is 5.69 Å². The van der Waals surface area contributed by atoms with E-state index in [1.165, 1.54) is 11.8 Å². The number of thioether (sulfide) groups is 1. The van der Waals surface area contributed by atoms with E-state index in [2.05, 4.69) is 34.7 Å². The Morgan fingerprint density at radius 1 is 1.26 bits per heavy atom. The fourth-order valence-electron chi connectivity index (χ4n) is 2.69. The summed E-state index contributed by atoms with van der Waals surface area (Å²) in [4.78, 5) is 12.5. The number of amides is 1. The number of aryl methyl sites for hydroxylation is 1. The van der Waals surface area contributed by atoms with Crippen molar-refractivity contribution in [3.05, 3.63) is 58.6 Å². The number of aromatic nitrogens is 4. The monoisotopic (exact) mass is 401 g/mol. The zero-order chi connectivity index (χ0) is 19.4. The number of tetrazole rings is 1. The molecule has 0 aliphatic rings. The number of carbonyl (C=O) groups is 1. The largest absolute Gasteiger partial charge is 0.325 e. The van der Waals surface area contributed by atoms with Crippen LogP contribution in [0.1, 0.15) is 30.9 Å². The lowest BCUT2D eigenvalue weighted by atomic mass is 9.98. The van der Waals surface area contributed by atoms with Gasteiger partial charge in [-0.2, -0.15) is 4.68 Å². The minimum absolute atomic E-state index is 0.100. The van der Waals surface area contributed by atoms with Crippen LogP contribution in [-0.2, 0) is 4.79 Å². The zero-order valence-electron chi connectivity index (χ0n) is 15.3. The Morgan fingerprint density at radius 2 is 2.04 bits per heavy atom. The summed E-state index contributed by atoms with van der Waals surface area (Å²) in [6.45, 7) is 6.21. The molecule has 0 saturated heterocycles. The second kappa shape index (κ2) is 8.54. The van der Waals surface area contributed by atoms with Crippen LogP contribution >= 0.6 is 23.4 Å². The van der Waals surface area contributed by atoms with Crippen molar-refractivity contribution >= 4 is 35.0 Å². The van der Waals surface area contributed by atoms with Gasteiger partial charge in [-0.25, -0.2) is 0 Å². The number of anilines is 1. The summed E-state index contributed by atoms with van der Waals surface area (Å²) >= 11 is 7.31. The Labute approximate surface area is 167 Å². The van der Waals surface area contributed by atoms with Crippen molar-refractivity contribution in [2.24, 2.45) is 0 Å². The maximum Gasteiger partial charge on any atom is 0.234 e. The molecule has 1 aromatic heterocycles. The molecule has 140 valence electrons. The smallest absolute Gasteiger partial charge is 0.234 e. The highest BCUT2D eigenvalue weighted by Gasteiger charge is 2.15. The van der Waals surface area contributed by atoms with Gasteiger partial charge in [-0.15, -0.1) is 5.10 Å². The first-order chi connectivity index (χ1) is 13.0. The van der Waals surface area contributed by atoms with Gasteiger partial charge >= 0.3 is 0 Å². The Morgan fingerprint density at radius 3 is 2.78 bits per heavy atom. The number of hydrogen-bond donors (Lipinski definition) is 1. The van der Waals surface area contributed by atoms with Gasteiger partial charge in [0.05, 0.1) is 11.4 Å². The Hall–Kier alpha value is -2.38. The highest BCUT2D eigenvalue weighted by molar-refractivity contribution is 7.99. The van der Waals surface area contributed by atoms with Crippen LogP contribution in [0.15, 0.2) is 47.6 Å². The number of para-hydroxylation sites is 1. The molecule has 27 heavy (non-hydrogen) atoms. The molecule has 1 heterocycles. The summed E-state index contributed by atoms with van der Waals surface area (Å²) in [6.07, 6.45) is 0. The standard InChI is InChI=1S/C19H20ClN5OS/c1-12(2)16-9-4-6-13(3)18(16)21-17(26)11-27-19-22-23-24-25(19)15-8-5-7-14(20)10-15/h4-10,12H,11H2,1-3H3,(H,21,26). The molecule has 1 amide bonds. The first-order valence-corrected chi connectivity index (χ1v) is 9.88. The van der Waals surface area contributed by atoms with Gasteiger partial charge in [-0.1, -0.05) is 61.5 Å². The summed E-state index contributed by atoms with van der Waals surface area (Å²) in [6, 6.07) is 13.3. The fourth-order valence-corrected chi connectivity index (χ4v) is 3.56. The quantitative estimate of drug-likeness (QED) is 0.616. The molecule has 0 unspecified atom stereocenters. The molecule has 0 fully saturated rings. The predicted molar refractivity (Wildman–Crippen MR) is 109 cm³/mol. The molecule has 3 rings (SSSR count). The Balaban J connectivity index is 1.71. The maximum atomic E-state index is 12.5. The van der Waals surface area contributed by atoms with Crippen molar-refractivity contribution in [1.29, 1.82) is 0 Å². The van der Waals surface area contributed by atoms with Gasteiger partial charge in [0.2, 0.25) is 11.1 Å². The number of benzene rings is 2. The van der Waals surface area contributed by atoms with Crippen molar-refractivity contribution in [3.8, 4) is 5.69 Å². The van der Waals surface area contributed by atoms with Gasteiger partial charge in [0, 0.05) is 10.7 Å². The van der Waals surface area contributed by atoms with Crippen molar-refractivity contribution < 1.29 is 4.79 Å². The summed E-state index contributed by atoms with van der Waals surface area (Å²) in [5.41, 5.74) is 3.80. The van der Waals surface area contributed by atoms with E-state index in [4.69, 9.17) is 11.6 Å². The molecular formula is C19H20ClN5OS. The molecule has 0 spiro atoms. The van der Waals surface area contributed by atoms with Gasteiger partial charge in [0.25, 0.3) is 0 Å². The summed E-state index contributed by atoms with van der Waals surface area (Å²) in [5.74, 6) is 0.423. The topological polar surface area (TPSA) is 72.7 Å². The molecular weight excluding hydrogens is 382 g/mol. The van der Waals surface area contributed by atoms with Gasteiger partial charge in [-0.05, 0) is 52.6 Å². The third-order valence-corrected chi connectivity index (χ3v) is 5.17. The van der Waals surface area contributed by atoms with Crippen LogP contribution < -0.4 is 5.32 Å². The van der Waals surface area contributed by atoms with Crippen LogP contribution in [0.3, 0.4) is 0 Å². The molecule has 0 atom stereocenters. The van der Waals surface area contributed by atoms with Crippen molar-refractivity contribution in [2.75, 3.05) is 11.1 Å². The van der Waals surface area contributed by atoms with Gasteiger partial charge < -0.3 is 5.32 Å². The first-order valence-electron chi connectivity index (χ1n) is 8.52. The minimum atomic E-state index is -0.100. The molecule has 2 aromatic carbocycles. The summed E-state index contributed by atoms with van der Waals surface area (Å²) in [5, 5.41) is 15.9. The Bertz CT molecular complexity index is 957. The molecule has 0 saturated carbocycles. The zero-order valence-corrected chi connectivity index (χ0v) is 16.9. The number of nitrogens with one attached hydrogen (secondary N) is 1. The lowest BCUT2D eigenvalue weighted by Crippen LogP contribution is -2.17. The van der Waals surface area contributed by atoms with E-state index in [0.29, 0.717) is 16.1 Å². The van der Waals surface area contributed by atoms with E-state index < -0.39 is 0 Å². The molecule has 0 radical (unpaired) electrons. The average Bonchev–Trinajstić information content (AvgIpc) is 3.10. The first kappa shape index (κ1) is 19.4. The SMILES string of the molecule is Cc1cccc(C(C)C)c1NC(=O)CSc1nnnn1-c1cccc(Cl)c1. The highest BCUT2D eigenvalue weighted by atomic mass is 35.5. The maximum absolute atomic E-state index is 12.5. The van der Waals surface area contributed by atoms with Gasteiger partial charge in [0.1, 0.15) is 0 Å². The lowest BCUT2D eigenvalue weighted by Gasteiger charge is -2.16. The Kier molecular flexibility index (Phi) is 6.13. The van der Waals surface area contributed by atoms with E-state index in [-0.39, 0.29) is 11.7 Å². The fraction of sp³-hybridized carbons (Fsp3) is 0.263. The third-order valence-electron chi connectivity index (χ3n) is 4.02. The van der Waals surface area contributed by atoms with E-state index in [1.54, 1.807) is 16.8 Å². The van der Waals surface area contributed by atoms with E-state index in [9.17, 15) is 4.79 Å². The molecule has 0 aliphatic heterocycles. The van der Waals surface area contributed by atoms with E-state index >= 15 is 0 Å². The van der Waals surface area contributed by atoms with Crippen molar-refractivity contribution in [2.45, 2.75) is 31.8 Å². The second-order valence-corrected chi connectivity index (χ2v) is 7.76. The van der Waals surface area contributed by atoms with E-state index in [1.807, 2.05) is 37.3 Å². The molecule has 6 nitrogen and oxygen atoms in total. The second-order valence-electron chi connectivity index (χ2n) is 6.38. The average molecular weight is 402 g/mol. The van der Waals surface area contributed by atoms with Gasteiger partial charge in [0.15, 0.2) is 0 Å². The molecule has 0 aliphatic carbocycles. The van der Waals surface area contributed by atoms with Crippen LogP contribution in [0, 0.1) is 6.92 Å². The number of hydrogen-bond acceptors (Lipinski definition) is 5. The van der Waals surface area contributed by atoms with Crippen molar-refractivity contribution in [1.82, 2.24) is 20.2 Å². The number of carbonyl (C=O) groups excluding carboxylic acids is 1. The summed E-state index contributed by atoms with van der Waals surface area (Å²) < 4.78 is 1.57. The normalized spacial score (nSPS) is 11.0. The van der Waals surface area contributed by atoms with E-state index in [0.717, 1.165) is 22.5 Å². The van der Waals surface area contributed by atoms with Crippen LogP contribution in [-0.4, -0.2) is 31.9 Å². The van der Waals surface area contributed by atoms with Gasteiger partial charge in [-0.3, -0.25) is 4.79 Å². The van der Waals surface area contributed by atoms with Crippen LogP contribution in [0.4, 0.5) is 5.69 Å². The summed E-state index contributed by atoms with van der Waals surface area (Å²) in [7, 11) is 0. The number of nitrogens with zero attached hydrogens (tertiary/aromatic N) is 4. The molecule has 1 N–H and O–H groups in total. The highest BCUT2D eigenvalue weighted by Crippen LogP contribution is 2.28. The number of halogens is 1. The van der Waals surface area contributed by atoms with Crippen LogP contribution in [0.2, 0.25) is 5.02 Å². The van der Waals surface area contributed by atoms with Crippen LogP contribution in [0.5, 0.6) is 0 Å². The molecule has 8 heteroatoms. The molecule has 0 bridgehead atoms. The lowest BCUT2D eigenvalue weighted by molar-refractivity contribution is -0.113. The number of rotatable bonds is 6. The van der Waals surface area contributed by atoms with Crippen molar-refractivity contribution in [3.63, 3.8) is 0 Å².